The van der Waals surface area contributed by atoms with E-state index in [-0.39, 0.29) is 5.91 Å². The van der Waals surface area contributed by atoms with Crippen LogP contribution in [0.3, 0.4) is 0 Å². The second kappa shape index (κ2) is 7.42. The van der Waals surface area contributed by atoms with E-state index in [0.717, 1.165) is 33.0 Å². The van der Waals surface area contributed by atoms with Crippen LogP contribution in [0.2, 0.25) is 0 Å². The number of rotatable bonds is 4. The van der Waals surface area contributed by atoms with E-state index >= 15 is 0 Å². The van der Waals surface area contributed by atoms with Crippen LogP contribution < -0.4 is 5.43 Å². The van der Waals surface area contributed by atoms with Crippen molar-refractivity contribution in [1.82, 2.24) is 5.43 Å². The molecule has 4 aromatic carbocycles. The lowest BCUT2D eigenvalue weighted by atomic mass is 10.0. The van der Waals surface area contributed by atoms with Crippen LogP contribution in [0.25, 0.3) is 21.5 Å². The second-order valence-corrected chi connectivity index (χ2v) is 6.61. The van der Waals surface area contributed by atoms with Gasteiger partial charge in [0.15, 0.2) is 0 Å². The molecule has 0 aliphatic carbocycles. The summed E-state index contributed by atoms with van der Waals surface area (Å²) < 4.78 is 0. The molecule has 0 spiro atoms. The normalized spacial score (nSPS) is 11.7. The minimum Gasteiger partial charge on any atom is -0.273 e. The van der Waals surface area contributed by atoms with Crippen molar-refractivity contribution >= 4 is 33.2 Å². The molecule has 0 unspecified atom stereocenters. The number of nitrogens with one attached hydrogen (secondary N) is 1. The summed E-state index contributed by atoms with van der Waals surface area (Å²) >= 11 is 0. The molecule has 132 valence electrons. The van der Waals surface area contributed by atoms with Crippen molar-refractivity contribution in [1.29, 1.82) is 0 Å². The van der Waals surface area contributed by atoms with Crippen LogP contribution >= 0.6 is 0 Å². The maximum atomic E-state index is 12.4. The number of amides is 1. The lowest BCUT2D eigenvalue weighted by Gasteiger charge is -2.07. The quantitative estimate of drug-likeness (QED) is 0.404. The van der Waals surface area contributed by atoms with Crippen molar-refractivity contribution in [2.45, 2.75) is 13.3 Å². The summed E-state index contributed by atoms with van der Waals surface area (Å²) in [5.41, 5.74) is 5.48. The summed E-state index contributed by atoms with van der Waals surface area (Å²) in [6.07, 6.45) is 0.301. The first kappa shape index (κ1) is 17.0. The molecule has 1 amide bonds. The molecule has 0 aromatic heterocycles. The average molecular weight is 352 g/mol. The first-order valence-corrected chi connectivity index (χ1v) is 9.00. The Hall–Kier alpha value is -3.46. The number of hydrogen-bond donors (Lipinski definition) is 1. The third kappa shape index (κ3) is 3.72. The van der Waals surface area contributed by atoms with Gasteiger partial charge in [-0.3, -0.25) is 4.79 Å². The Morgan fingerprint density at radius 2 is 1.52 bits per heavy atom. The third-order valence-electron chi connectivity index (χ3n) is 4.75. The van der Waals surface area contributed by atoms with Crippen LogP contribution in [0.1, 0.15) is 18.1 Å². The zero-order valence-corrected chi connectivity index (χ0v) is 15.1. The molecule has 0 saturated carbocycles. The lowest BCUT2D eigenvalue weighted by molar-refractivity contribution is -0.120. The van der Waals surface area contributed by atoms with Gasteiger partial charge in [-0.05, 0) is 45.7 Å². The van der Waals surface area contributed by atoms with Crippen molar-refractivity contribution in [2.24, 2.45) is 5.10 Å². The monoisotopic (exact) mass is 352 g/mol. The molecule has 0 bridgehead atoms. The molecule has 0 atom stereocenters. The highest BCUT2D eigenvalue weighted by atomic mass is 16.2. The molecule has 4 rings (SSSR count). The molecular formula is C24H20N2O. The molecule has 0 aliphatic rings. The molecule has 27 heavy (non-hydrogen) atoms. The Morgan fingerprint density at radius 3 is 2.37 bits per heavy atom. The second-order valence-electron chi connectivity index (χ2n) is 6.61. The van der Waals surface area contributed by atoms with Gasteiger partial charge >= 0.3 is 0 Å². The predicted octanol–water partition coefficient (Wildman–Crippen LogP) is 5.08. The molecule has 4 aromatic rings. The minimum atomic E-state index is -0.119. The standard InChI is InChI=1S/C24H20N2O/c1-17(20-14-13-18-7-2-3-9-21(18)15-20)25-26-24(27)16-22-11-6-10-19-8-4-5-12-23(19)22/h2-15H,16H2,1H3,(H,26,27)/b25-17+. The maximum absolute atomic E-state index is 12.4. The average Bonchev–Trinajstić information content (AvgIpc) is 2.72. The molecule has 1 N–H and O–H groups in total. The fraction of sp³-hybridized carbons (Fsp3) is 0.0833. The van der Waals surface area contributed by atoms with Gasteiger partial charge in [0.1, 0.15) is 0 Å². The van der Waals surface area contributed by atoms with Gasteiger partial charge in [0.05, 0.1) is 12.1 Å². The predicted molar refractivity (Wildman–Crippen MR) is 112 cm³/mol. The third-order valence-corrected chi connectivity index (χ3v) is 4.75. The molecule has 0 fully saturated rings. The van der Waals surface area contributed by atoms with E-state index in [1.807, 2.05) is 55.5 Å². The van der Waals surface area contributed by atoms with E-state index in [1.165, 1.54) is 5.39 Å². The molecule has 0 radical (unpaired) electrons. The highest BCUT2D eigenvalue weighted by Crippen LogP contribution is 2.19. The van der Waals surface area contributed by atoms with Gasteiger partial charge in [-0.25, -0.2) is 5.43 Å². The van der Waals surface area contributed by atoms with Crippen molar-refractivity contribution in [3.05, 3.63) is 96.1 Å². The van der Waals surface area contributed by atoms with Crippen LogP contribution in [-0.2, 0) is 11.2 Å². The van der Waals surface area contributed by atoms with Crippen molar-refractivity contribution in [3.8, 4) is 0 Å². The number of nitrogens with zero attached hydrogens (tertiary/aromatic N) is 1. The fourth-order valence-electron chi connectivity index (χ4n) is 3.28. The number of benzene rings is 4. The van der Waals surface area contributed by atoms with E-state index in [4.69, 9.17) is 0 Å². The zero-order valence-electron chi connectivity index (χ0n) is 15.1. The van der Waals surface area contributed by atoms with Gasteiger partial charge in [0, 0.05) is 0 Å². The summed E-state index contributed by atoms with van der Waals surface area (Å²) in [6, 6.07) is 28.5. The van der Waals surface area contributed by atoms with Crippen LogP contribution in [0.5, 0.6) is 0 Å². The van der Waals surface area contributed by atoms with Crippen LogP contribution in [0.4, 0.5) is 0 Å². The Labute approximate surface area is 158 Å². The van der Waals surface area contributed by atoms with Crippen LogP contribution in [0.15, 0.2) is 90.0 Å². The summed E-state index contributed by atoms with van der Waals surface area (Å²) in [4.78, 5) is 12.4. The van der Waals surface area contributed by atoms with E-state index in [0.29, 0.717) is 6.42 Å². The van der Waals surface area contributed by atoms with E-state index in [9.17, 15) is 4.79 Å². The van der Waals surface area contributed by atoms with Gasteiger partial charge in [-0.1, -0.05) is 78.9 Å². The smallest absolute Gasteiger partial charge is 0.244 e. The van der Waals surface area contributed by atoms with E-state index in [1.54, 1.807) is 0 Å². The zero-order chi connectivity index (χ0) is 18.6. The molecule has 0 saturated heterocycles. The molecule has 0 aliphatic heterocycles. The molecule has 3 heteroatoms. The number of carbonyl (C=O) groups excluding carboxylic acids is 1. The summed E-state index contributed by atoms with van der Waals surface area (Å²) in [5.74, 6) is -0.119. The van der Waals surface area contributed by atoms with Crippen molar-refractivity contribution in [3.63, 3.8) is 0 Å². The Bertz CT molecular complexity index is 1160. The minimum absolute atomic E-state index is 0.119. The highest BCUT2D eigenvalue weighted by molar-refractivity contribution is 6.02. The molecule has 0 heterocycles. The summed E-state index contributed by atoms with van der Waals surface area (Å²) in [5, 5.41) is 8.88. The first-order chi connectivity index (χ1) is 13.2. The SMILES string of the molecule is C/C(=N\NC(=O)Cc1cccc2ccccc12)c1ccc2ccccc2c1. The molecular weight excluding hydrogens is 332 g/mol. The topological polar surface area (TPSA) is 41.5 Å². The van der Waals surface area contributed by atoms with Crippen LogP contribution in [0, 0.1) is 0 Å². The van der Waals surface area contributed by atoms with Gasteiger partial charge in [0.25, 0.3) is 0 Å². The van der Waals surface area contributed by atoms with Crippen molar-refractivity contribution < 1.29 is 4.79 Å². The lowest BCUT2D eigenvalue weighted by Crippen LogP contribution is -2.21. The maximum Gasteiger partial charge on any atom is 0.244 e. The number of carbonyl (C=O) groups is 1. The fourth-order valence-corrected chi connectivity index (χ4v) is 3.28. The summed E-state index contributed by atoms with van der Waals surface area (Å²) in [7, 11) is 0. The Kier molecular flexibility index (Phi) is 4.67. The van der Waals surface area contributed by atoms with Gasteiger partial charge < -0.3 is 0 Å². The summed E-state index contributed by atoms with van der Waals surface area (Å²) in [6.45, 7) is 1.91. The highest BCUT2D eigenvalue weighted by Gasteiger charge is 2.07. The van der Waals surface area contributed by atoms with Crippen LogP contribution in [-0.4, -0.2) is 11.6 Å². The molecule has 3 nitrogen and oxygen atoms in total. The van der Waals surface area contributed by atoms with E-state index < -0.39 is 0 Å². The largest absolute Gasteiger partial charge is 0.273 e. The number of hydrogen-bond acceptors (Lipinski definition) is 2. The first-order valence-electron chi connectivity index (χ1n) is 9.00. The van der Waals surface area contributed by atoms with Gasteiger partial charge in [0.2, 0.25) is 5.91 Å². The number of fused-ring (bicyclic) bond motifs is 2. The van der Waals surface area contributed by atoms with Crippen molar-refractivity contribution in [2.75, 3.05) is 0 Å². The van der Waals surface area contributed by atoms with Gasteiger partial charge in [-0.2, -0.15) is 5.10 Å². The Morgan fingerprint density at radius 1 is 0.815 bits per heavy atom. The number of hydrazone groups is 1. The Balaban J connectivity index is 1.50. The van der Waals surface area contributed by atoms with Gasteiger partial charge in [-0.15, -0.1) is 0 Å². The van der Waals surface area contributed by atoms with E-state index in [2.05, 4.69) is 46.9 Å².